The van der Waals surface area contributed by atoms with Crippen LogP contribution in [0.15, 0.2) is 117 Å². The molecule has 0 aromatic heterocycles. The van der Waals surface area contributed by atoms with Crippen molar-refractivity contribution >= 4 is 36.2 Å². The second-order valence-corrected chi connectivity index (χ2v) is 10.8. The molecule has 0 aliphatic rings. The molecule has 0 fully saturated rings. The second kappa shape index (κ2) is 13.0. The van der Waals surface area contributed by atoms with Gasteiger partial charge >= 0.3 is 0 Å². The summed E-state index contributed by atoms with van der Waals surface area (Å²) in [4.78, 5) is 4.46. The summed E-state index contributed by atoms with van der Waals surface area (Å²) in [6, 6.07) is 32.7. The number of hydrogen-bond acceptors (Lipinski definition) is 6. The van der Waals surface area contributed by atoms with Gasteiger partial charge in [-0.25, -0.2) is 0 Å². The molecule has 180 valence electrons. The predicted octanol–water partition coefficient (Wildman–Crippen LogP) is 7.26. The minimum atomic E-state index is -0.548. The Morgan fingerprint density at radius 1 is 0.714 bits per heavy atom. The van der Waals surface area contributed by atoms with Gasteiger partial charge in [-0.15, -0.1) is 24.4 Å². The van der Waals surface area contributed by atoms with Gasteiger partial charge in [-0.1, -0.05) is 36.0 Å². The second-order valence-electron chi connectivity index (χ2n) is 8.01. The Kier molecular flexibility index (Phi) is 9.49. The summed E-state index contributed by atoms with van der Waals surface area (Å²) in [7, 11) is 1.67. The number of methoxy groups -OCH3 is 1. The summed E-state index contributed by atoms with van der Waals surface area (Å²) in [5.74, 6) is 2.20. The van der Waals surface area contributed by atoms with Gasteiger partial charge in [-0.05, 0) is 90.3 Å². The SMILES string of the molecule is COc1ccc(Cc2ccc(OCC(O)CSc3ccc(Sc4ccc(S)cc4)cc3)cc2)cc1. The number of aliphatic hydroxyl groups excluding tert-OH is 1. The van der Waals surface area contributed by atoms with Crippen LogP contribution in [0.25, 0.3) is 0 Å². The maximum atomic E-state index is 10.4. The monoisotopic (exact) mass is 520 g/mol. The van der Waals surface area contributed by atoms with E-state index in [1.807, 2.05) is 36.4 Å². The van der Waals surface area contributed by atoms with E-state index < -0.39 is 6.10 Å². The smallest absolute Gasteiger partial charge is 0.119 e. The molecule has 1 unspecified atom stereocenters. The van der Waals surface area contributed by atoms with E-state index in [2.05, 4.69) is 73.3 Å². The van der Waals surface area contributed by atoms with Crippen molar-refractivity contribution in [3.05, 3.63) is 108 Å². The molecule has 0 aliphatic heterocycles. The topological polar surface area (TPSA) is 38.7 Å². The lowest BCUT2D eigenvalue weighted by atomic mass is 10.0. The Bertz CT molecular complexity index is 1180. The number of thiol groups is 1. The maximum absolute atomic E-state index is 10.4. The van der Waals surface area contributed by atoms with E-state index in [4.69, 9.17) is 9.47 Å². The minimum absolute atomic E-state index is 0.264. The van der Waals surface area contributed by atoms with Crippen LogP contribution in [0.2, 0.25) is 0 Å². The molecule has 0 radical (unpaired) electrons. The molecule has 0 bridgehead atoms. The van der Waals surface area contributed by atoms with E-state index >= 15 is 0 Å². The molecule has 35 heavy (non-hydrogen) atoms. The highest BCUT2D eigenvalue weighted by Crippen LogP contribution is 2.30. The summed E-state index contributed by atoms with van der Waals surface area (Å²) in [6.45, 7) is 0.264. The fraction of sp³-hybridized carbons (Fsp3) is 0.172. The molecular formula is C29H28O3S3. The lowest BCUT2D eigenvalue weighted by molar-refractivity contribution is 0.126. The molecule has 1 atom stereocenters. The summed E-state index contributed by atoms with van der Waals surface area (Å²) in [6.07, 6.45) is 0.302. The number of hydrogen-bond donors (Lipinski definition) is 2. The van der Waals surface area contributed by atoms with E-state index in [9.17, 15) is 5.11 Å². The van der Waals surface area contributed by atoms with Crippen LogP contribution in [-0.2, 0) is 6.42 Å². The van der Waals surface area contributed by atoms with Crippen LogP contribution >= 0.6 is 36.2 Å². The van der Waals surface area contributed by atoms with Crippen molar-refractivity contribution in [2.75, 3.05) is 19.5 Å². The third-order valence-electron chi connectivity index (χ3n) is 5.27. The fourth-order valence-corrected chi connectivity index (χ4v) is 5.14. The van der Waals surface area contributed by atoms with Gasteiger partial charge in [0.05, 0.1) is 13.2 Å². The first-order valence-electron chi connectivity index (χ1n) is 11.3. The van der Waals surface area contributed by atoms with Gasteiger partial charge in [0.2, 0.25) is 0 Å². The van der Waals surface area contributed by atoms with Crippen LogP contribution in [0.1, 0.15) is 11.1 Å². The molecule has 4 aromatic rings. The number of benzene rings is 4. The first kappa shape index (κ1) is 25.6. The number of ether oxygens (including phenoxy) is 2. The molecule has 0 saturated carbocycles. The summed E-state index contributed by atoms with van der Waals surface area (Å²) < 4.78 is 11.0. The molecule has 0 saturated heterocycles. The molecular weight excluding hydrogens is 493 g/mol. The Morgan fingerprint density at radius 2 is 1.23 bits per heavy atom. The van der Waals surface area contributed by atoms with Crippen LogP contribution in [0.4, 0.5) is 0 Å². The summed E-state index contributed by atoms with van der Waals surface area (Å²) in [5, 5.41) is 10.4. The molecule has 0 aliphatic carbocycles. The summed E-state index contributed by atoms with van der Waals surface area (Å²) >= 11 is 7.68. The van der Waals surface area contributed by atoms with Crippen molar-refractivity contribution in [2.24, 2.45) is 0 Å². The minimum Gasteiger partial charge on any atom is -0.497 e. The zero-order valence-electron chi connectivity index (χ0n) is 19.5. The zero-order chi connectivity index (χ0) is 24.5. The zero-order valence-corrected chi connectivity index (χ0v) is 22.0. The molecule has 0 amide bonds. The Hall–Kier alpha value is -2.51. The number of rotatable bonds is 11. The summed E-state index contributed by atoms with van der Waals surface area (Å²) in [5.41, 5.74) is 2.43. The van der Waals surface area contributed by atoms with E-state index in [0.29, 0.717) is 5.75 Å². The normalized spacial score (nSPS) is 11.7. The van der Waals surface area contributed by atoms with Gasteiger partial charge in [-0.2, -0.15) is 0 Å². The standard InChI is InChI=1S/C29H28O3S3/c1-31-24-6-2-21(3-7-24)18-22-4-8-25(9-5-22)32-19-23(30)20-34-27-14-16-29(17-15-27)35-28-12-10-26(33)11-13-28/h2-17,23,30,33H,18-20H2,1H3. The van der Waals surface area contributed by atoms with Gasteiger partial charge < -0.3 is 14.6 Å². The van der Waals surface area contributed by atoms with Crippen molar-refractivity contribution < 1.29 is 14.6 Å². The van der Waals surface area contributed by atoms with E-state index in [-0.39, 0.29) is 6.61 Å². The number of aliphatic hydroxyl groups is 1. The highest BCUT2D eigenvalue weighted by atomic mass is 32.2. The first-order valence-corrected chi connectivity index (χ1v) is 13.5. The highest BCUT2D eigenvalue weighted by molar-refractivity contribution is 7.99. The van der Waals surface area contributed by atoms with Crippen molar-refractivity contribution in [1.82, 2.24) is 0 Å². The van der Waals surface area contributed by atoms with E-state index in [0.717, 1.165) is 27.7 Å². The quantitative estimate of drug-likeness (QED) is 0.161. The molecule has 1 N–H and O–H groups in total. The Morgan fingerprint density at radius 3 is 1.80 bits per heavy atom. The highest BCUT2D eigenvalue weighted by Gasteiger charge is 2.08. The van der Waals surface area contributed by atoms with Crippen LogP contribution in [0.3, 0.4) is 0 Å². The lowest BCUT2D eigenvalue weighted by Gasteiger charge is -2.13. The van der Waals surface area contributed by atoms with Crippen LogP contribution < -0.4 is 9.47 Å². The van der Waals surface area contributed by atoms with Crippen molar-refractivity contribution in [1.29, 1.82) is 0 Å². The van der Waals surface area contributed by atoms with Gasteiger partial charge in [0.25, 0.3) is 0 Å². The van der Waals surface area contributed by atoms with E-state index in [1.165, 1.54) is 20.9 Å². The van der Waals surface area contributed by atoms with Gasteiger partial charge in [0.15, 0.2) is 0 Å². The molecule has 0 spiro atoms. The van der Waals surface area contributed by atoms with Crippen molar-refractivity contribution in [3.8, 4) is 11.5 Å². The molecule has 3 nitrogen and oxygen atoms in total. The first-order chi connectivity index (χ1) is 17.1. The fourth-order valence-electron chi connectivity index (χ4n) is 3.37. The number of thioether (sulfide) groups is 1. The van der Waals surface area contributed by atoms with Crippen LogP contribution in [0.5, 0.6) is 11.5 Å². The van der Waals surface area contributed by atoms with E-state index in [1.54, 1.807) is 30.6 Å². The van der Waals surface area contributed by atoms with Crippen LogP contribution in [0, 0.1) is 0 Å². The maximum Gasteiger partial charge on any atom is 0.119 e. The molecule has 0 heterocycles. The third-order valence-corrected chi connectivity index (χ3v) is 7.74. The van der Waals surface area contributed by atoms with Crippen LogP contribution in [-0.4, -0.2) is 30.7 Å². The lowest BCUT2D eigenvalue weighted by Crippen LogP contribution is -2.20. The molecule has 6 heteroatoms. The average molecular weight is 521 g/mol. The predicted molar refractivity (Wildman–Crippen MR) is 149 cm³/mol. The van der Waals surface area contributed by atoms with Crippen molar-refractivity contribution in [3.63, 3.8) is 0 Å². The molecule has 4 rings (SSSR count). The van der Waals surface area contributed by atoms with Crippen molar-refractivity contribution in [2.45, 2.75) is 32.1 Å². The molecule has 4 aromatic carbocycles. The third kappa shape index (κ3) is 8.29. The van der Waals surface area contributed by atoms with Gasteiger partial charge in [0.1, 0.15) is 18.1 Å². The Labute approximate surface area is 221 Å². The Balaban J connectivity index is 1.19. The largest absolute Gasteiger partial charge is 0.497 e. The van der Waals surface area contributed by atoms with Gasteiger partial charge in [0, 0.05) is 25.3 Å². The average Bonchev–Trinajstić information content (AvgIpc) is 2.89. The van der Waals surface area contributed by atoms with Gasteiger partial charge in [-0.3, -0.25) is 0 Å².